The molecule has 2 aliphatic heterocycles. The first kappa shape index (κ1) is 19.7. The van der Waals surface area contributed by atoms with Gasteiger partial charge in [-0.05, 0) is 49.4 Å². The average molecular weight is 392 g/mol. The summed E-state index contributed by atoms with van der Waals surface area (Å²) in [6.07, 6.45) is 2.93. The largest absolute Gasteiger partial charge is 0.494 e. The minimum absolute atomic E-state index is 0.0380. The topological polar surface area (TPSA) is 42.0 Å². The van der Waals surface area contributed by atoms with Gasteiger partial charge in [0.2, 0.25) is 0 Å². The van der Waals surface area contributed by atoms with Crippen LogP contribution in [0.3, 0.4) is 0 Å². The smallest absolute Gasteiger partial charge is 0.196 e. The number of hydrogen-bond acceptors (Lipinski definition) is 5. The van der Waals surface area contributed by atoms with E-state index in [0.29, 0.717) is 23.5 Å². The first-order valence-corrected chi connectivity index (χ1v) is 10.3. The Hall–Kier alpha value is -2.63. The van der Waals surface area contributed by atoms with E-state index in [2.05, 4.69) is 16.8 Å². The lowest BCUT2D eigenvalue weighted by atomic mass is 9.98. The van der Waals surface area contributed by atoms with Crippen molar-refractivity contribution in [2.45, 2.75) is 6.42 Å². The summed E-state index contributed by atoms with van der Waals surface area (Å²) in [5.74, 6) is 1.56. The summed E-state index contributed by atoms with van der Waals surface area (Å²) < 4.78 is 11.6. The fourth-order valence-corrected chi connectivity index (χ4v) is 3.69. The molecule has 1 saturated heterocycles. The molecule has 152 valence electrons. The van der Waals surface area contributed by atoms with Crippen molar-refractivity contribution in [2.75, 3.05) is 53.0 Å². The van der Waals surface area contributed by atoms with Crippen molar-refractivity contribution in [3.63, 3.8) is 0 Å². The lowest BCUT2D eigenvalue weighted by molar-refractivity contribution is 0.100. The molecule has 0 amide bonds. The zero-order chi connectivity index (χ0) is 20.1. The Morgan fingerprint density at radius 1 is 1.03 bits per heavy atom. The van der Waals surface area contributed by atoms with Crippen molar-refractivity contribution in [3.05, 3.63) is 65.2 Å². The summed E-state index contributed by atoms with van der Waals surface area (Å²) in [6, 6.07) is 15.3. The van der Waals surface area contributed by atoms with Crippen LogP contribution >= 0.6 is 0 Å². The van der Waals surface area contributed by atoms with Crippen LogP contribution < -0.4 is 9.47 Å². The second-order valence-corrected chi connectivity index (χ2v) is 7.70. The zero-order valence-electron chi connectivity index (χ0n) is 17.0. The van der Waals surface area contributed by atoms with E-state index in [9.17, 15) is 4.79 Å². The van der Waals surface area contributed by atoms with Gasteiger partial charge in [0.15, 0.2) is 5.78 Å². The summed E-state index contributed by atoms with van der Waals surface area (Å²) in [6.45, 7) is 6.70. The molecular formula is C24H28N2O3. The highest BCUT2D eigenvalue weighted by atomic mass is 16.5. The van der Waals surface area contributed by atoms with Gasteiger partial charge in [0.25, 0.3) is 0 Å². The molecule has 5 nitrogen and oxygen atoms in total. The number of ketones is 1. The molecule has 2 aromatic rings. The molecule has 0 spiro atoms. The molecule has 0 unspecified atom stereocenters. The van der Waals surface area contributed by atoms with Crippen LogP contribution in [-0.2, 0) is 0 Å². The second-order valence-electron chi connectivity index (χ2n) is 7.70. The predicted molar refractivity (Wildman–Crippen MR) is 115 cm³/mol. The lowest BCUT2D eigenvalue weighted by Crippen LogP contribution is -2.44. The van der Waals surface area contributed by atoms with E-state index in [1.807, 2.05) is 54.6 Å². The van der Waals surface area contributed by atoms with Gasteiger partial charge < -0.3 is 19.3 Å². The van der Waals surface area contributed by atoms with E-state index in [1.54, 1.807) is 0 Å². The monoisotopic (exact) mass is 392 g/mol. The van der Waals surface area contributed by atoms with Crippen molar-refractivity contribution in [1.82, 2.24) is 9.80 Å². The number of benzene rings is 2. The highest BCUT2D eigenvalue weighted by Crippen LogP contribution is 2.27. The number of nitrogens with zero attached hydrogens (tertiary/aromatic N) is 2. The molecule has 0 aliphatic carbocycles. The Kier molecular flexibility index (Phi) is 6.27. The maximum absolute atomic E-state index is 12.6. The quantitative estimate of drug-likeness (QED) is 0.557. The van der Waals surface area contributed by atoms with Gasteiger partial charge >= 0.3 is 0 Å². The van der Waals surface area contributed by atoms with Crippen molar-refractivity contribution in [3.8, 4) is 11.5 Å². The molecule has 0 saturated carbocycles. The van der Waals surface area contributed by atoms with Crippen LogP contribution in [0.15, 0.2) is 54.1 Å². The molecule has 0 N–H and O–H groups in total. The van der Waals surface area contributed by atoms with E-state index < -0.39 is 0 Å². The Labute approximate surface area is 172 Å². The molecule has 2 aliphatic rings. The van der Waals surface area contributed by atoms with Crippen LogP contribution in [0.25, 0.3) is 6.08 Å². The van der Waals surface area contributed by atoms with E-state index in [1.165, 1.54) is 0 Å². The van der Waals surface area contributed by atoms with Gasteiger partial charge in [0, 0.05) is 38.3 Å². The van der Waals surface area contributed by atoms with Crippen LogP contribution in [-0.4, -0.2) is 68.6 Å². The average Bonchev–Trinajstić information content (AvgIpc) is 2.76. The van der Waals surface area contributed by atoms with Gasteiger partial charge in [-0.25, -0.2) is 0 Å². The summed E-state index contributed by atoms with van der Waals surface area (Å²) in [5, 5.41) is 0. The molecule has 0 atom stereocenters. The molecule has 1 fully saturated rings. The summed E-state index contributed by atoms with van der Waals surface area (Å²) in [7, 11) is 2.18. The van der Waals surface area contributed by atoms with Gasteiger partial charge in [0.05, 0.1) is 12.2 Å². The van der Waals surface area contributed by atoms with Crippen LogP contribution in [0, 0.1) is 0 Å². The standard InChI is InChI=1S/C24H28N2O3/c1-25-12-14-26(15-13-25)11-4-16-28-21-9-7-19(8-10-21)17-20-18-29-23-6-3-2-5-22(23)24(20)27/h2-3,5-10,17H,4,11-16,18H2,1H3/b20-17+. The van der Waals surface area contributed by atoms with E-state index in [0.717, 1.165) is 57.1 Å². The van der Waals surface area contributed by atoms with Crippen molar-refractivity contribution in [1.29, 1.82) is 0 Å². The molecule has 0 aromatic heterocycles. The van der Waals surface area contributed by atoms with Crippen LogP contribution in [0.4, 0.5) is 0 Å². The van der Waals surface area contributed by atoms with E-state index in [-0.39, 0.29) is 5.78 Å². The number of ether oxygens (including phenoxy) is 2. The zero-order valence-corrected chi connectivity index (χ0v) is 17.0. The van der Waals surface area contributed by atoms with Crippen LogP contribution in [0.1, 0.15) is 22.3 Å². The third-order valence-electron chi connectivity index (χ3n) is 5.51. The van der Waals surface area contributed by atoms with Crippen molar-refractivity contribution < 1.29 is 14.3 Å². The minimum Gasteiger partial charge on any atom is -0.494 e. The van der Waals surface area contributed by atoms with E-state index >= 15 is 0 Å². The molecule has 29 heavy (non-hydrogen) atoms. The second kappa shape index (κ2) is 9.25. The number of fused-ring (bicyclic) bond motifs is 1. The Bertz CT molecular complexity index is 868. The number of Topliss-reactive ketones (excluding diaryl/α,β-unsaturated/α-hetero) is 1. The molecule has 0 radical (unpaired) electrons. The normalized spacial score (nSPS) is 19.1. The maximum atomic E-state index is 12.6. The molecule has 2 aromatic carbocycles. The predicted octanol–water partition coefficient (Wildman–Crippen LogP) is 3.36. The van der Waals surface area contributed by atoms with Gasteiger partial charge in [-0.15, -0.1) is 0 Å². The maximum Gasteiger partial charge on any atom is 0.196 e. The molecule has 4 rings (SSSR count). The van der Waals surface area contributed by atoms with Gasteiger partial charge in [-0.3, -0.25) is 4.79 Å². The number of hydrogen-bond donors (Lipinski definition) is 0. The molecule has 5 heteroatoms. The SMILES string of the molecule is CN1CCN(CCCOc2ccc(/C=C3\COc4ccccc4C3=O)cc2)CC1. The first-order chi connectivity index (χ1) is 14.2. The van der Waals surface area contributed by atoms with Gasteiger partial charge in [-0.2, -0.15) is 0 Å². The molecular weight excluding hydrogens is 364 g/mol. The minimum atomic E-state index is 0.0380. The van der Waals surface area contributed by atoms with Crippen LogP contribution in [0.2, 0.25) is 0 Å². The van der Waals surface area contributed by atoms with E-state index in [4.69, 9.17) is 9.47 Å². The number of likely N-dealkylation sites (N-methyl/N-ethyl adjacent to an activating group) is 1. The third kappa shape index (κ3) is 5.05. The third-order valence-corrected chi connectivity index (χ3v) is 5.51. The Morgan fingerprint density at radius 3 is 2.59 bits per heavy atom. The lowest BCUT2D eigenvalue weighted by Gasteiger charge is -2.32. The number of carbonyl (C=O) groups is 1. The number of carbonyl (C=O) groups excluding carboxylic acids is 1. The fraction of sp³-hybridized carbons (Fsp3) is 0.375. The van der Waals surface area contributed by atoms with Crippen molar-refractivity contribution in [2.24, 2.45) is 0 Å². The Balaban J connectivity index is 1.27. The summed E-state index contributed by atoms with van der Waals surface area (Å²) in [5.41, 5.74) is 2.27. The number of para-hydroxylation sites is 1. The highest BCUT2D eigenvalue weighted by molar-refractivity contribution is 6.14. The number of piperazine rings is 1. The number of rotatable bonds is 6. The first-order valence-electron chi connectivity index (χ1n) is 10.3. The van der Waals surface area contributed by atoms with Crippen LogP contribution in [0.5, 0.6) is 11.5 Å². The highest BCUT2D eigenvalue weighted by Gasteiger charge is 2.22. The van der Waals surface area contributed by atoms with Gasteiger partial charge in [0.1, 0.15) is 18.1 Å². The Morgan fingerprint density at radius 2 is 1.79 bits per heavy atom. The molecule has 2 heterocycles. The summed E-state index contributed by atoms with van der Waals surface area (Å²) >= 11 is 0. The summed E-state index contributed by atoms with van der Waals surface area (Å²) in [4.78, 5) is 17.5. The van der Waals surface area contributed by atoms with Gasteiger partial charge in [-0.1, -0.05) is 24.3 Å². The fourth-order valence-electron chi connectivity index (χ4n) is 3.69. The molecule has 0 bridgehead atoms. The van der Waals surface area contributed by atoms with Crippen molar-refractivity contribution >= 4 is 11.9 Å².